The number of aromatic nitrogens is 4. The number of aromatic amines is 1. The van der Waals surface area contributed by atoms with Gasteiger partial charge in [0.15, 0.2) is 11.2 Å². The molecule has 1 aromatic carbocycles. The summed E-state index contributed by atoms with van der Waals surface area (Å²) in [5.41, 5.74) is 0.761. The molecule has 1 aliphatic heterocycles. The lowest BCUT2D eigenvalue weighted by Crippen LogP contribution is -2.38. The molecule has 3 heterocycles. The van der Waals surface area contributed by atoms with E-state index in [0.29, 0.717) is 55.4 Å². The molecule has 9 nitrogen and oxygen atoms in total. The number of ether oxygens (including phenoxy) is 1. The van der Waals surface area contributed by atoms with E-state index in [1.165, 1.54) is 0 Å². The predicted octanol–water partition coefficient (Wildman–Crippen LogP) is 3.23. The Hall–Kier alpha value is -3.36. The van der Waals surface area contributed by atoms with Gasteiger partial charge in [-0.05, 0) is 25.0 Å². The average molecular weight is 468 g/mol. The molecule has 0 unspecified atom stereocenters. The van der Waals surface area contributed by atoms with Gasteiger partial charge in [-0.2, -0.15) is 0 Å². The molecule has 0 spiro atoms. The van der Waals surface area contributed by atoms with Gasteiger partial charge < -0.3 is 14.2 Å². The van der Waals surface area contributed by atoms with Gasteiger partial charge in [0.2, 0.25) is 5.91 Å². The fraction of sp³-hybridized carbons (Fsp3) is 0.520. The van der Waals surface area contributed by atoms with Crippen LogP contribution in [-0.4, -0.2) is 38.2 Å². The number of carbonyl (C=O) groups excluding carboxylic acids is 1. The molecule has 0 bridgehead atoms. The minimum atomic E-state index is -0.434. The van der Waals surface area contributed by atoms with Crippen molar-refractivity contribution in [3.8, 4) is 5.75 Å². The molecule has 0 atom stereocenters. The number of benzene rings is 1. The van der Waals surface area contributed by atoms with Gasteiger partial charge in [0, 0.05) is 25.9 Å². The summed E-state index contributed by atoms with van der Waals surface area (Å²) in [6.07, 6.45) is 5.35. The summed E-state index contributed by atoms with van der Waals surface area (Å²) in [5.74, 6) is 1.36. The molecule has 4 rings (SSSR count). The summed E-state index contributed by atoms with van der Waals surface area (Å²) in [5, 5.41) is 0. The molecule has 1 N–H and O–H groups in total. The second-order valence-electron chi connectivity index (χ2n) is 8.69. The van der Waals surface area contributed by atoms with Crippen molar-refractivity contribution in [1.82, 2.24) is 19.1 Å². The molecule has 0 aliphatic carbocycles. The maximum atomic E-state index is 13.2. The second kappa shape index (κ2) is 10.7. The Morgan fingerprint density at radius 2 is 1.82 bits per heavy atom. The lowest BCUT2D eigenvalue weighted by atomic mass is 10.2. The number of anilines is 1. The number of rotatable bonds is 10. The smallest absolute Gasteiger partial charge is 0.330 e. The fourth-order valence-electron chi connectivity index (χ4n) is 4.48. The minimum Gasteiger partial charge on any atom is -0.490 e. The van der Waals surface area contributed by atoms with Crippen molar-refractivity contribution in [3.63, 3.8) is 0 Å². The number of aryl methyl sites for hydroxylation is 3. The van der Waals surface area contributed by atoms with Crippen LogP contribution >= 0.6 is 0 Å². The Bertz CT molecular complexity index is 1270. The first-order valence-corrected chi connectivity index (χ1v) is 12.3. The molecule has 0 saturated heterocycles. The molecule has 3 aromatic rings. The van der Waals surface area contributed by atoms with E-state index >= 15 is 0 Å². The Morgan fingerprint density at radius 1 is 1.06 bits per heavy atom. The van der Waals surface area contributed by atoms with Crippen LogP contribution in [0.3, 0.4) is 0 Å². The standard InChI is InChI=1S/C25H33N5O4/c1-3-5-9-15-29-20(26-23-22(29)24(32)27-25(33)30(23)14-6-4-2)12-13-21(31)28-16-17-34-19-11-8-7-10-18(19)28/h7-8,10-11H,3-6,9,12-17H2,1-2H3,(H,27,32,33). The van der Waals surface area contributed by atoms with Crippen LogP contribution in [0.2, 0.25) is 0 Å². The van der Waals surface area contributed by atoms with Crippen molar-refractivity contribution in [2.24, 2.45) is 0 Å². The highest BCUT2D eigenvalue weighted by atomic mass is 16.5. The Labute approximate surface area is 198 Å². The normalized spacial score (nSPS) is 13.2. The van der Waals surface area contributed by atoms with Crippen LogP contribution in [0.25, 0.3) is 11.2 Å². The summed E-state index contributed by atoms with van der Waals surface area (Å²) < 4.78 is 9.13. The van der Waals surface area contributed by atoms with Crippen molar-refractivity contribution in [2.45, 2.75) is 71.9 Å². The Kier molecular flexibility index (Phi) is 7.49. The first-order chi connectivity index (χ1) is 16.5. The third kappa shape index (κ3) is 4.78. The van der Waals surface area contributed by atoms with E-state index in [1.807, 2.05) is 28.8 Å². The number of H-pyrrole nitrogens is 1. The SMILES string of the molecule is CCCCCn1c(CCC(=O)N2CCOc3ccccc32)nc2c1c(=O)[nH]c(=O)n2CCCC. The molecule has 0 radical (unpaired) electrons. The van der Waals surface area contributed by atoms with Crippen LogP contribution in [-0.2, 0) is 24.3 Å². The van der Waals surface area contributed by atoms with E-state index in [-0.39, 0.29) is 12.3 Å². The summed E-state index contributed by atoms with van der Waals surface area (Å²) in [6.45, 7) is 6.26. The molecule has 9 heteroatoms. The van der Waals surface area contributed by atoms with Gasteiger partial charge >= 0.3 is 5.69 Å². The molecule has 0 fully saturated rings. The van der Waals surface area contributed by atoms with E-state index in [2.05, 4.69) is 18.8 Å². The van der Waals surface area contributed by atoms with Crippen molar-refractivity contribution in [1.29, 1.82) is 0 Å². The number of hydrogen-bond acceptors (Lipinski definition) is 5. The van der Waals surface area contributed by atoms with E-state index in [0.717, 1.165) is 37.8 Å². The summed E-state index contributed by atoms with van der Waals surface area (Å²) in [7, 11) is 0. The number of unbranched alkanes of at least 4 members (excludes halogenated alkanes) is 3. The molecule has 0 saturated carbocycles. The van der Waals surface area contributed by atoms with Gasteiger partial charge in [-0.25, -0.2) is 9.78 Å². The highest BCUT2D eigenvalue weighted by Gasteiger charge is 2.24. The van der Waals surface area contributed by atoms with Gasteiger partial charge in [-0.15, -0.1) is 0 Å². The Morgan fingerprint density at radius 3 is 2.62 bits per heavy atom. The van der Waals surface area contributed by atoms with Crippen LogP contribution in [0.1, 0.15) is 58.2 Å². The maximum Gasteiger partial charge on any atom is 0.330 e. The number of nitrogens with zero attached hydrogens (tertiary/aromatic N) is 4. The topological polar surface area (TPSA) is 102 Å². The van der Waals surface area contributed by atoms with Crippen molar-refractivity contribution >= 4 is 22.8 Å². The monoisotopic (exact) mass is 467 g/mol. The zero-order chi connectivity index (χ0) is 24.1. The molecule has 1 amide bonds. The van der Waals surface area contributed by atoms with Crippen molar-refractivity contribution in [2.75, 3.05) is 18.1 Å². The zero-order valence-electron chi connectivity index (χ0n) is 20.0. The van der Waals surface area contributed by atoms with Crippen LogP contribution in [0.4, 0.5) is 5.69 Å². The largest absolute Gasteiger partial charge is 0.490 e. The summed E-state index contributed by atoms with van der Waals surface area (Å²) in [6, 6.07) is 7.53. The molecular formula is C25H33N5O4. The van der Waals surface area contributed by atoms with Crippen LogP contribution in [0.5, 0.6) is 5.75 Å². The quantitative estimate of drug-likeness (QED) is 0.461. The Balaban J connectivity index is 1.65. The van der Waals surface area contributed by atoms with Gasteiger partial charge in [0.05, 0.1) is 12.2 Å². The average Bonchev–Trinajstić information content (AvgIpc) is 3.21. The maximum absolute atomic E-state index is 13.2. The van der Waals surface area contributed by atoms with Gasteiger partial charge in [0.25, 0.3) is 5.56 Å². The first-order valence-electron chi connectivity index (χ1n) is 12.3. The first kappa shape index (κ1) is 23.8. The minimum absolute atomic E-state index is 0.0137. The number of imidazole rings is 1. The highest BCUT2D eigenvalue weighted by molar-refractivity contribution is 5.95. The number of carbonyl (C=O) groups is 1. The van der Waals surface area contributed by atoms with Gasteiger partial charge in [-0.3, -0.25) is 19.1 Å². The molecule has 1 aliphatic rings. The third-order valence-electron chi connectivity index (χ3n) is 6.28. The highest BCUT2D eigenvalue weighted by Crippen LogP contribution is 2.31. The van der Waals surface area contributed by atoms with Crippen molar-refractivity contribution in [3.05, 3.63) is 50.9 Å². The van der Waals surface area contributed by atoms with Crippen molar-refractivity contribution < 1.29 is 9.53 Å². The van der Waals surface area contributed by atoms with E-state index in [4.69, 9.17) is 9.72 Å². The number of hydrogen-bond donors (Lipinski definition) is 1. The zero-order valence-corrected chi connectivity index (χ0v) is 20.0. The predicted molar refractivity (Wildman–Crippen MR) is 132 cm³/mol. The van der Waals surface area contributed by atoms with Gasteiger partial charge in [-0.1, -0.05) is 45.2 Å². The van der Waals surface area contributed by atoms with E-state index in [1.54, 1.807) is 9.47 Å². The molecule has 182 valence electrons. The molecule has 34 heavy (non-hydrogen) atoms. The van der Waals surface area contributed by atoms with E-state index in [9.17, 15) is 14.4 Å². The fourth-order valence-corrected chi connectivity index (χ4v) is 4.48. The second-order valence-corrected chi connectivity index (χ2v) is 8.69. The number of para-hydroxylation sites is 2. The lowest BCUT2D eigenvalue weighted by Gasteiger charge is -2.29. The van der Waals surface area contributed by atoms with Crippen LogP contribution < -0.4 is 20.9 Å². The summed E-state index contributed by atoms with van der Waals surface area (Å²) in [4.78, 5) is 47.4. The number of amides is 1. The lowest BCUT2D eigenvalue weighted by molar-refractivity contribution is -0.118. The molecular weight excluding hydrogens is 434 g/mol. The molecule has 2 aromatic heterocycles. The summed E-state index contributed by atoms with van der Waals surface area (Å²) >= 11 is 0. The third-order valence-corrected chi connectivity index (χ3v) is 6.28. The van der Waals surface area contributed by atoms with Crippen LogP contribution in [0, 0.1) is 0 Å². The van der Waals surface area contributed by atoms with E-state index < -0.39 is 11.2 Å². The number of nitrogens with one attached hydrogen (secondary N) is 1. The van der Waals surface area contributed by atoms with Crippen LogP contribution in [0.15, 0.2) is 33.9 Å². The number of fused-ring (bicyclic) bond motifs is 2. The van der Waals surface area contributed by atoms with Gasteiger partial charge in [0.1, 0.15) is 18.2 Å².